The van der Waals surface area contributed by atoms with Crippen LogP contribution in [0.4, 0.5) is 0 Å². The molecule has 0 aromatic rings. The summed E-state index contributed by atoms with van der Waals surface area (Å²) in [6.07, 6.45) is 2.04. The summed E-state index contributed by atoms with van der Waals surface area (Å²) in [5.41, 5.74) is 0. The molecule has 0 rings (SSSR count). The molecule has 0 N–H and O–H groups in total. The van der Waals surface area contributed by atoms with E-state index < -0.39 is 13.8 Å². The number of quaternary nitrogens is 1. The molecule has 0 aromatic carbocycles. The van der Waals surface area contributed by atoms with Gasteiger partial charge in [-0.05, 0) is 12.8 Å². The lowest BCUT2D eigenvalue weighted by Crippen LogP contribution is -2.37. The summed E-state index contributed by atoms with van der Waals surface area (Å²) in [6.45, 7) is 4.12. The number of phosphoric acid groups is 1. The van der Waals surface area contributed by atoms with Crippen molar-refractivity contribution in [2.24, 2.45) is 0 Å². The van der Waals surface area contributed by atoms with Gasteiger partial charge in [-0.25, -0.2) is 4.79 Å². The Labute approximate surface area is 120 Å². The highest BCUT2D eigenvalue weighted by molar-refractivity contribution is 7.45. The predicted octanol–water partition coefficient (Wildman–Crippen LogP) is 0.704. The van der Waals surface area contributed by atoms with E-state index in [4.69, 9.17) is 9.26 Å². The second-order valence-corrected chi connectivity index (χ2v) is 6.62. The lowest BCUT2D eigenvalue weighted by molar-refractivity contribution is -0.870. The van der Waals surface area contributed by atoms with E-state index >= 15 is 0 Å². The van der Waals surface area contributed by atoms with Crippen LogP contribution in [0.1, 0.15) is 12.8 Å². The van der Waals surface area contributed by atoms with Gasteiger partial charge >= 0.3 is 5.97 Å². The van der Waals surface area contributed by atoms with E-state index in [-0.39, 0.29) is 19.8 Å². The number of rotatable bonds is 11. The number of carbonyl (C=O) groups excluding carboxylic acids is 1. The zero-order chi connectivity index (χ0) is 15.6. The standard InChI is InChI=1S/C12H24NO6P/c1-5-12(14)17-9-6-7-10-18-20(15,16)19-11-8-13(2,3)4/h5H,1,6-11H2,2-4H3. The van der Waals surface area contributed by atoms with E-state index in [0.29, 0.717) is 23.9 Å². The Hall–Kier alpha value is -0.720. The summed E-state index contributed by atoms with van der Waals surface area (Å²) < 4.78 is 26.1. The first-order valence-electron chi connectivity index (χ1n) is 6.36. The molecule has 1 unspecified atom stereocenters. The summed E-state index contributed by atoms with van der Waals surface area (Å²) in [5.74, 6) is -0.496. The molecule has 7 nitrogen and oxygen atoms in total. The molecule has 1 atom stereocenters. The van der Waals surface area contributed by atoms with Crippen molar-refractivity contribution in [1.29, 1.82) is 0 Å². The first kappa shape index (κ1) is 19.3. The van der Waals surface area contributed by atoms with Crippen molar-refractivity contribution in [3.63, 3.8) is 0 Å². The van der Waals surface area contributed by atoms with Crippen molar-refractivity contribution in [2.75, 3.05) is 47.5 Å². The molecule has 0 fully saturated rings. The molecule has 0 aliphatic carbocycles. The third-order valence-electron chi connectivity index (χ3n) is 2.21. The molecule has 0 bridgehead atoms. The van der Waals surface area contributed by atoms with Crippen LogP contribution in [-0.2, 0) is 23.1 Å². The number of nitrogens with zero attached hydrogens (tertiary/aromatic N) is 1. The first-order valence-corrected chi connectivity index (χ1v) is 7.82. The highest BCUT2D eigenvalue weighted by Gasteiger charge is 2.12. The molecule has 0 amide bonds. The van der Waals surface area contributed by atoms with Gasteiger partial charge in [0.15, 0.2) is 0 Å². The topological polar surface area (TPSA) is 84.9 Å². The van der Waals surface area contributed by atoms with Crippen LogP contribution in [0, 0.1) is 0 Å². The number of phosphoric ester groups is 1. The van der Waals surface area contributed by atoms with E-state index in [1.807, 2.05) is 21.1 Å². The van der Waals surface area contributed by atoms with Crippen LogP contribution in [0.15, 0.2) is 12.7 Å². The van der Waals surface area contributed by atoms with Crippen LogP contribution >= 0.6 is 7.82 Å². The van der Waals surface area contributed by atoms with Crippen LogP contribution in [0.25, 0.3) is 0 Å². The fraction of sp³-hybridized carbons (Fsp3) is 0.750. The van der Waals surface area contributed by atoms with Crippen LogP contribution < -0.4 is 4.89 Å². The van der Waals surface area contributed by atoms with Crippen molar-refractivity contribution in [1.82, 2.24) is 0 Å². The zero-order valence-corrected chi connectivity index (χ0v) is 13.3. The number of ether oxygens (including phenoxy) is 1. The highest BCUT2D eigenvalue weighted by Crippen LogP contribution is 2.38. The van der Waals surface area contributed by atoms with Gasteiger partial charge in [-0.3, -0.25) is 4.57 Å². The molecule has 0 saturated heterocycles. The van der Waals surface area contributed by atoms with Gasteiger partial charge in [-0.1, -0.05) is 6.58 Å². The highest BCUT2D eigenvalue weighted by atomic mass is 31.2. The molecule has 0 aliphatic heterocycles. The summed E-state index contributed by atoms with van der Waals surface area (Å²) in [6, 6.07) is 0. The lowest BCUT2D eigenvalue weighted by atomic mass is 10.3. The number of hydrogen-bond acceptors (Lipinski definition) is 6. The molecule has 118 valence electrons. The van der Waals surface area contributed by atoms with E-state index in [9.17, 15) is 14.3 Å². The molecule has 0 aromatic heterocycles. The summed E-state index contributed by atoms with van der Waals surface area (Å²) in [7, 11) is 1.57. The molecule has 8 heteroatoms. The van der Waals surface area contributed by atoms with E-state index in [1.54, 1.807) is 0 Å². The Morgan fingerprint density at radius 2 is 1.75 bits per heavy atom. The Kier molecular flexibility index (Phi) is 8.93. The zero-order valence-electron chi connectivity index (χ0n) is 12.4. The third kappa shape index (κ3) is 12.3. The van der Waals surface area contributed by atoms with Gasteiger partial charge in [0, 0.05) is 6.08 Å². The Balaban J connectivity index is 3.64. The van der Waals surface area contributed by atoms with Crippen LogP contribution in [-0.4, -0.2) is 58.0 Å². The van der Waals surface area contributed by atoms with Crippen molar-refractivity contribution in [2.45, 2.75) is 12.8 Å². The van der Waals surface area contributed by atoms with Crippen LogP contribution in [0.5, 0.6) is 0 Å². The largest absolute Gasteiger partial charge is 0.756 e. The average Bonchev–Trinajstić information content (AvgIpc) is 2.31. The van der Waals surface area contributed by atoms with Gasteiger partial charge < -0.3 is 23.2 Å². The quantitative estimate of drug-likeness (QED) is 0.184. The van der Waals surface area contributed by atoms with Crippen LogP contribution in [0.3, 0.4) is 0 Å². The Bertz CT molecular complexity index is 352. The SMILES string of the molecule is C=CC(=O)OCCCCOP(=O)([O-])OCC[N+](C)(C)C. The second kappa shape index (κ2) is 9.26. The second-order valence-electron chi connectivity index (χ2n) is 5.21. The van der Waals surface area contributed by atoms with Gasteiger partial charge in [0.2, 0.25) is 0 Å². The number of carbonyl (C=O) groups is 1. The van der Waals surface area contributed by atoms with E-state index in [1.165, 1.54) is 0 Å². The summed E-state index contributed by atoms with van der Waals surface area (Å²) >= 11 is 0. The predicted molar refractivity (Wildman–Crippen MR) is 72.8 cm³/mol. The molecule has 0 saturated carbocycles. The average molecular weight is 309 g/mol. The molecule has 20 heavy (non-hydrogen) atoms. The lowest BCUT2D eigenvalue weighted by Gasteiger charge is -2.27. The molecular weight excluding hydrogens is 285 g/mol. The normalized spacial score (nSPS) is 14.6. The molecule has 0 spiro atoms. The monoisotopic (exact) mass is 309 g/mol. The minimum absolute atomic E-state index is 0.0107. The maximum atomic E-state index is 11.4. The number of unbranched alkanes of at least 4 members (excludes halogenated alkanes) is 1. The maximum absolute atomic E-state index is 11.4. The van der Waals surface area contributed by atoms with Crippen molar-refractivity contribution in [3.8, 4) is 0 Å². The molecular formula is C12H24NO6P. The Morgan fingerprint density at radius 1 is 1.20 bits per heavy atom. The number of hydrogen-bond donors (Lipinski definition) is 0. The molecule has 0 heterocycles. The van der Waals surface area contributed by atoms with Crippen LogP contribution in [0.2, 0.25) is 0 Å². The van der Waals surface area contributed by atoms with Gasteiger partial charge in [-0.2, -0.15) is 0 Å². The van der Waals surface area contributed by atoms with E-state index in [2.05, 4.69) is 11.1 Å². The van der Waals surface area contributed by atoms with Crippen molar-refractivity contribution >= 4 is 13.8 Å². The minimum atomic E-state index is -4.24. The van der Waals surface area contributed by atoms with Gasteiger partial charge in [0.25, 0.3) is 7.82 Å². The van der Waals surface area contributed by atoms with Gasteiger partial charge in [0.1, 0.15) is 13.2 Å². The van der Waals surface area contributed by atoms with Gasteiger partial charge in [0.05, 0.1) is 34.4 Å². The molecule has 0 radical (unpaired) electrons. The number of esters is 1. The van der Waals surface area contributed by atoms with Crippen molar-refractivity contribution in [3.05, 3.63) is 12.7 Å². The minimum Gasteiger partial charge on any atom is -0.756 e. The Morgan fingerprint density at radius 3 is 2.30 bits per heavy atom. The summed E-state index contributed by atoms with van der Waals surface area (Å²) in [4.78, 5) is 22.1. The first-order chi connectivity index (χ1) is 9.16. The summed E-state index contributed by atoms with van der Waals surface area (Å²) in [5, 5.41) is 0. The van der Waals surface area contributed by atoms with E-state index in [0.717, 1.165) is 6.08 Å². The van der Waals surface area contributed by atoms with Gasteiger partial charge in [-0.15, -0.1) is 0 Å². The fourth-order valence-electron chi connectivity index (χ4n) is 1.08. The third-order valence-corrected chi connectivity index (χ3v) is 3.21. The fourth-order valence-corrected chi connectivity index (χ4v) is 1.81. The smallest absolute Gasteiger partial charge is 0.330 e. The molecule has 0 aliphatic rings. The number of likely N-dealkylation sites (N-methyl/N-ethyl adjacent to an activating group) is 1. The maximum Gasteiger partial charge on any atom is 0.330 e. The van der Waals surface area contributed by atoms with Crippen molar-refractivity contribution < 1.29 is 32.5 Å².